The third kappa shape index (κ3) is 4.09. The molecule has 0 aromatic carbocycles. The van der Waals surface area contributed by atoms with Crippen molar-refractivity contribution in [3.63, 3.8) is 0 Å². The standard InChI is InChI=1S/C27H47NO3/c1-17(7-6-12-25(2,3)30)20-8-9-21-24-22(11-14-27(20,21)5)26(4)13-10-19(29)15-18(26)16-23(24)28-31/h17-22,24,29-31H,6-16H2,1-5H3/b28-23+/t17-,18-,19+,20-,21+,22+,24+,26+,27-/m1/s1. The Morgan fingerprint density at radius 3 is 2.42 bits per heavy atom. The van der Waals surface area contributed by atoms with Crippen molar-refractivity contribution in [2.45, 2.75) is 117 Å². The minimum Gasteiger partial charge on any atom is -0.411 e. The average Bonchev–Trinajstić information content (AvgIpc) is 3.04. The van der Waals surface area contributed by atoms with Gasteiger partial charge in [0.1, 0.15) is 0 Å². The number of hydrogen-bond acceptors (Lipinski definition) is 4. The summed E-state index contributed by atoms with van der Waals surface area (Å²) in [7, 11) is 0. The molecule has 0 bridgehead atoms. The molecule has 4 aliphatic carbocycles. The predicted octanol–water partition coefficient (Wildman–Crippen LogP) is 6.02. The first-order valence-corrected chi connectivity index (χ1v) is 13.1. The number of aliphatic hydroxyl groups is 2. The quantitative estimate of drug-likeness (QED) is 0.366. The lowest BCUT2D eigenvalue weighted by Gasteiger charge is -2.61. The van der Waals surface area contributed by atoms with Crippen LogP contribution in [0.3, 0.4) is 0 Å². The lowest BCUT2D eigenvalue weighted by molar-refractivity contribution is -0.0919. The van der Waals surface area contributed by atoms with Crippen molar-refractivity contribution in [3.8, 4) is 0 Å². The molecule has 9 atom stereocenters. The zero-order chi connectivity index (χ0) is 22.6. The SMILES string of the molecule is C[C@H](CCCC(C)(C)O)[C@H]1CC[C@H]2[C@@H]3/C(=N/O)C[C@H]4C[C@@H](O)CC[C@]4(C)[C@H]3CC[C@]12C. The van der Waals surface area contributed by atoms with Crippen molar-refractivity contribution in [2.24, 2.45) is 51.5 Å². The number of aliphatic hydroxyl groups excluding tert-OH is 1. The molecule has 4 fully saturated rings. The zero-order valence-electron chi connectivity index (χ0n) is 20.6. The van der Waals surface area contributed by atoms with E-state index in [-0.39, 0.29) is 11.5 Å². The van der Waals surface area contributed by atoms with Crippen molar-refractivity contribution >= 4 is 5.71 Å². The summed E-state index contributed by atoms with van der Waals surface area (Å²) in [5, 5.41) is 34.4. The largest absolute Gasteiger partial charge is 0.411 e. The van der Waals surface area contributed by atoms with Gasteiger partial charge in [-0.3, -0.25) is 0 Å². The van der Waals surface area contributed by atoms with Crippen LogP contribution in [0.2, 0.25) is 0 Å². The van der Waals surface area contributed by atoms with Gasteiger partial charge in [-0.25, -0.2) is 0 Å². The molecule has 0 spiro atoms. The van der Waals surface area contributed by atoms with Crippen LogP contribution in [0.5, 0.6) is 0 Å². The minimum atomic E-state index is -0.561. The lowest BCUT2D eigenvalue weighted by atomic mass is 9.44. The molecule has 0 saturated heterocycles. The van der Waals surface area contributed by atoms with Gasteiger partial charge in [-0.15, -0.1) is 0 Å². The number of hydrogen-bond donors (Lipinski definition) is 3. The Balaban J connectivity index is 1.53. The van der Waals surface area contributed by atoms with Crippen LogP contribution >= 0.6 is 0 Å². The number of nitrogens with zero attached hydrogens (tertiary/aromatic N) is 1. The first-order chi connectivity index (χ1) is 14.5. The summed E-state index contributed by atoms with van der Waals surface area (Å²) in [5.74, 6) is 3.54. The van der Waals surface area contributed by atoms with Crippen LogP contribution in [-0.4, -0.2) is 32.8 Å². The van der Waals surface area contributed by atoms with Gasteiger partial charge in [0.05, 0.1) is 17.4 Å². The molecule has 0 heterocycles. The van der Waals surface area contributed by atoms with E-state index in [1.807, 2.05) is 13.8 Å². The van der Waals surface area contributed by atoms with E-state index in [0.29, 0.717) is 35.0 Å². The molecule has 178 valence electrons. The maximum Gasteiger partial charge on any atom is 0.0610 e. The van der Waals surface area contributed by atoms with Gasteiger partial charge in [0.25, 0.3) is 0 Å². The lowest BCUT2D eigenvalue weighted by Crippen LogP contribution is -2.57. The summed E-state index contributed by atoms with van der Waals surface area (Å²) < 4.78 is 0. The molecule has 4 heteroatoms. The fourth-order valence-corrected chi connectivity index (χ4v) is 9.08. The fraction of sp³-hybridized carbons (Fsp3) is 0.963. The third-order valence-corrected chi connectivity index (χ3v) is 10.8. The van der Waals surface area contributed by atoms with Crippen molar-refractivity contribution in [2.75, 3.05) is 0 Å². The highest BCUT2D eigenvalue weighted by Crippen LogP contribution is 2.67. The summed E-state index contributed by atoms with van der Waals surface area (Å²) in [4.78, 5) is 0. The Morgan fingerprint density at radius 2 is 1.74 bits per heavy atom. The Labute approximate surface area is 189 Å². The van der Waals surface area contributed by atoms with Gasteiger partial charge >= 0.3 is 0 Å². The van der Waals surface area contributed by atoms with Crippen LogP contribution in [0.15, 0.2) is 5.16 Å². The highest BCUT2D eigenvalue weighted by molar-refractivity contribution is 5.88. The second-order valence-electron chi connectivity index (χ2n) is 13.1. The van der Waals surface area contributed by atoms with Crippen molar-refractivity contribution < 1.29 is 15.4 Å². The molecule has 0 aromatic rings. The van der Waals surface area contributed by atoms with Crippen molar-refractivity contribution in [1.29, 1.82) is 0 Å². The zero-order valence-corrected chi connectivity index (χ0v) is 20.6. The van der Waals surface area contributed by atoms with E-state index >= 15 is 0 Å². The van der Waals surface area contributed by atoms with Crippen molar-refractivity contribution in [3.05, 3.63) is 0 Å². The van der Waals surface area contributed by atoms with E-state index < -0.39 is 5.60 Å². The topological polar surface area (TPSA) is 73.1 Å². The second-order valence-corrected chi connectivity index (χ2v) is 13.1. The molecule has 0 aromatic heterocycles. The Morgan fingerprint density at radius 1 is 1.06 bits per heavy atom. The molecule has 0 unspecified atom stereocenters. The van der Waals surface area contributed by atoms with Crippen LogP contribution < -0.4 is 0 Å². The van der Waals surface area contributed by atoms with E-state index in [1.54, 1.807) is 0 Å². The number of fused-ring (bicyclic) bond motifs is 5. The summed E-state index contributed by atoms with van der Waals surface area (Å²) in [6.45, 7) is 11.3. The van der Waals surface area contributed by atoms with Crippen LogP contribution in [0, 0.1) is 46.3 Å². The van der Waals surface area contributed by atoms with Crippen LogP contribution in [-0.2, 0) is 0 Å². The predicted molar refractivity (Wildman–Crippen MR) is 125 cm³/mol. The Bertz CT molecular complexity index is 684. The molecule has 4 nitrogen and oxygen atoms in total. The maximum atomic E-state index is 10.3. The third-order valence-electron chi connectivity index (χ3n) is 10.8. The minimum absolute atomic E-state index is 0.177. The molecule has 31 heavy (non-hydrogen) atoms. The highest BCUT2D eigenvalue weighted by Gasteiger charge is 2.62. The van der Waals surface area contributed by atoms with Crippen LogP contribution in [0.1, 0.15) is 105 Å². The van der Waals surface area contributed by atoms with E-state index in [9.17, 15) is 15.4 Å². The van der Waals surface area contributed by atoms with Gasteiger partial charge in [0.15, 0.2) is 0 Å². The highest BCUT2D eigenvalue weighted by atomic mass is 16.4. The monoisotopic (exact) mass is 433 g/mol. The molecule has 4 aliphatic rings. The average molecular weight is 434 g/mol. The van der Waals surface area contributed by atoms with E-state index in [4.69, 9.17) is 0 Å². The van der Waals surface area contributed by atoms with Crippen LogP contribution in [0.25, 0.3) is 0 Å². The summed E-state index contributed by atoms with van der Waals surface area (Å²) in [6.07, 6.45) is 11.9. The maximum absolute atomic E-state index is 10.3. The summed E-state index contributed by atoms with van der Waals surface area (Å²) in [6, 6.07) is 0. The molecule has 4 saturated carbocycles. The van der Waals surface area contributed by atoms with Crippen LogP contribution in [0.4, 0.5) is 0 Å². The summed E-state index contributed by atoms with van der Waals surface area (Å²) in [5.41, 5.74) is 1.11. The first-order valence-electron chi connectivity index (χ1n) is 13.1. The van der Waals surface area contributed by atoms with Gasteiger partial charge in [0.2, 0.25) is 0 Å². The van der Waals surface area contributed by atoms with Gasteiger partial charge < -0.3 is 15.4 Å². The first kappa shape index (κ1) is 23.5. The second kappa shape index (κ2) is 8.31. The Hall–Kier alpha value is -0.610. The normalized spacial score (nSPS) is 47.5. The number of oxime groups is 1. The molecule has 3 N–H and O–H groups in total. The van der Waals surface area contributed by atoms with Gasteiger partial charge in [0, 0.05) is 5.92 Å². The van der Waals surface area contributed by atoms with E-state index in [0.717, 1.165) is 50.2 Å². The van der Waals surface area contributed by atoms with Gasteiger partial charge in [-0.1, -0.05) is 38.8 Å². The van der Waals surface area contributed by atoms with E-state index in [1.165, 1.54) is 32.1 Å². The molecule has 0 aliphatic heterocycles. The molecule has 4 rings (SSSR count). The van der Waals surface area contributed by atoms with Crippen molar-refractivity contribution in [1.82, 2.24) is 0 Å². The number of rotatable bonds is 5. The smallest absolute Gasteiger partial charge is 0.0610 e. The molecular formula is C27H47NO3. The molecular weight excluding hydrogens is 386 g/mol. The fourth-order valence-electron chi connectivity index (χ4n) is 9.08. The Kier molecular flexibility index (Phi) is 6.31. The van der Waals surface area contributed by atoms with Gasteiger partial charge in [-0.05, 0) is 112 Å². The summed E-state index contributed by atoms with van der Waals surface area (Å²) >= 11 is 0. The van der Waals surface area contributed by atoms with Gasteiger partial charge in [-0.2, -0.15) is 0 Å². The van der Waals surface area contributed by atoms with E-state index in [2.05, 4.69) is 25.9 Å². The molecule has 0 amide bonds. The molecule has 0 radical (unpaired) electrons.